The molecule has 25 heavy (non-hydrogen) atoms. The number of benzene rings is 1. The smallest absolute Gasteiger partial charge is 0.435 e. The SMILES string of the molecule is CCOc1ccccc1NC(=O)C(C)Cn1nc(C(F)(F)F)cc1C. The molecule has 2 rings (SSSR count). The Morgan fingerprint density at radius 2 is 2.04 bits per heavy atom. The zero-order valence-electron chi connectivity index (χ0n) is 14.2. The van der Waals surface area contributed by atoms with Crippen LogP contribution in [0.1, 0.15) is 25.2 Å². The number of anilines is 1. The molecular weight excluding hydrogens is 335 g/mol. The number of hydrogen-bond donors (Lipinski definition) is 1. The van der Waals surface area contributed by atoms with Crippen molar-refractivity contribution >= 4 is 11.6 Å². The molecule has 2 aromatic rings. The fourth-order valence-corrected chi connectivity index (χ4v) is 2.28. The summed E-state index contributed by atoms with van der Waals surface area (Å²) >= 11 is 0. The number of aromatic nitrogens is 2. The van der Waals surface area contributed by atoms with Gasteiger partial charge in [0.1, 0.15) is 5.75 Å². The fraction of sp³-hybridized carbons (Fsp3) is 0.412. The van der Waals surface area contributed by atoms with Gasteiger partial charge in [-0.1, -0.05) is 19.1 Å². The van der Waals surface area contributed by atoms with Crippen LogP contribution in [0.2, 0.25) is 0 Å². The summed E-state index contributed by atoms with van der Waals surface area (Å²) in [5.74, 6) is -0.356. The molecule has 0 aliphatic heterocycles. The van der Waals surface area contributed by atoms with Crippen molar-refractivity contribution in [2.45, 2.75) is 33.5 Å². The van der Waals surface area contributed by atoms with Crippen LogP contribution in [-0.4, -0.2) is 22.3 Å². The minimum atomic E-state index is -4.50. The molecule has 1 N–H and O–H groups in total. The maximum Gasteiger partial charge on any atom is 0.435 e. The fourth-order valence-electron chi connectivity index (χ4n) is 2.28. The largest absolute Gasteiger partial charge is 0.492 e. The number of nitrogens with one attached hydrogen (secondary N) is 1. The first-order chi connectivity index (χ1) is 11.7. The Balaban J connectivity index is 2.08. The number of halogens is 3. The molecule has 5 nitrogen and oxygen atoms in total. The van der Waals surface area contributed by atoms with Crippen LogP contribution >= 0.6 is 0 Å². The molecular formula is C17H20F3N3O2. The monoisotopic (exact) mass is 355 g/mol. The van der Waals surface area contributed by atoms with E-state index in [-0.39, 0.29) is 12.5 Å². The van der Waals surface area contributed by atoms with E-state index >= 15 is 0 Å². The molecule has 1 aromatic carbocycles. The first-order valence-electron chi connectivity index (χ1n) is 7.86. The van der Waals surface area contributed by atoms with E-state index in [9.17, 15) is 18.0 Å². The maximum atomic E-state index is 12.7. The van der Waals surface area contributed by atoms with Crippen LogP contribution in [0, 0.1) is 12.8 Å². The van der Waals surface area contributed by atoms with Gasteiger partial charge in [-0.2, -0.15) is 18.3 Å². The number of hydrogen-bond acceptors (Lipinski definition) is 3. The molecule has 136 valence electrons. The van der Waals surface area contributed by atoms with Crippen LogP contribution in [-0.2, 0) is 17.5 Å². The Hall–Kier alpha value is -2.51. The van der Waals surface area contributed by atoms with Gasteiger partial charge in [0, 0.05) is 5.69 Å². The highest BCUT2D eigenvalue weighted by molar-refractivity contribution is 5.93. The molecule has 0 aliphatic carbocycles. The first-order valence-corrected chi connectivity index (χ1v) is 7.86. The molecule has 1 amide bonds. The van der Waals surface area contributed by atoms with Crippen LogP contribution < -0.4 is 10.1 Å². The highest BCUT2D eigenvalue weighted by atomic mass is 19.4. The third-order valence-corrected chi connectivity index (χ3v) is 3.61. The predicted octanol–water partition coefficient (Wildman–Crippen LogP) is 3.88. The highest BCUT2D eigenvalue weighted by Crippen LogP contribution is 2.29. The zero-order valence-corrected chi connectivity index (χ0v) is 14.2. The summed E-state index contributed by atoms with van der Waals surface area (Å²) in [6, 6.07) is 7.95. The van der Waals surface area contributed by atoms with E-state index in [4.69, 9.17) is 4.74 Å². The molecule has 0 aliphatic rings. The lowest BCUT2D eigenvalue weighted by atomic mass is 10.1. The van der Waals surface area contributed by atoms with E-state index in [0.29, 0.717) is 23.7 Å². The van der Waals surface area contributed by atoms with E-state index in [1.807, 2.05) is 6.92 Å². The molecule has 1 atom stereocenters. The van der Waals surface area contributed by atoms with Gasteiger partial charge in [0.05, 0.1) is 24.8 Å². The maximum absolute atomic E-state index is 12.7. The van der Waals surface area contributed by atoms with Gasteiger partial charge in [-0.05, 0) is 32.0 Å². The van der Waals surface area contributed by atoms with Crippen molar-refractivity contribution in [2.75, 3.05) is 11.9 Å². The minimum Gasteiger partial charge on any atom is -0.492 e. The van der Waals surface area contributed by atoms with Gasteiger partial charge in [-0.25, -0.2) is 0 Å². The number of para-hydroxylation sites is 2. The lowest BCUT2D eigenvalue weighted by Gasteiger charge is -2.15. The first kappa shape index (κ1) is 18.8. The van der Waals surface area contributed by atoms with Crippen LogP contribution in [0.3, 0.4) is 0 Å². The Kier molecular flexibility index (Phi) is 5.71. The third-order valence-electron chi connectivity index (χ3n) is 3.61. The number of rotatable bonds is 6. The number of carbonyl (C=O) groups is 1. The molecule has 0 saturated heterocycles. The van der Waals surface area contributed by atoms with Gasteiger partial charge in [0.25, 0.3) is 0 Å². The van der Waals surface area contributed by atoms with Crippen molar-refractivity contribution in [3.05, 3.63) is 41.7 Å². The van der Waals surface area contributed by atoms with Crippen LogP contribution in [0.5, 0.6) is 5.75 Å². The Bertz CT molecular complexity index is 741. The Labute approximate surface area is 143 Å². The third kappa shape index (κ3) is 4.74. The predicted molar refractivity (Wildman–Crippen MR) is 87.4 cm³/mol. The summed E-state index contributed by atoms with van der Waals surface area (Å²) < 4.78 is 44.8. The number of ether oxygens (including phenoxy) is 1. The van der Waals surface area contributed by atoms with E-state index in [2.05, 4.69) is 10.4 Å². The van der Waals surface area contributed by atoms with Gasteiger partial charge in [0.15, 0.2) is 5.69 Å². The lowest BCUT2D eigenvalue weighted by Crippen LogP contribution is -2.25. The van der Waals surface area contributed by atoms with Crippen molar-refractivity contribution < 1.29 is 22.7 Å². The van der Waals surface area contributed by atoms with Crippen molar-refractivity contribution in [1.82, 2.24) is 9.78 Å². The number of carbonyl (C=O) groups excluding carboxylic acids is 1. The molecule has 1 unspecified atom stereocenters. The molecule has 8 heteroatoms. The molecule has 1 heterocycles. The summed E-state index contributed by atoms with van der Waals surface area (Å²) in [6.45, 7) is 5.49. The van der Waals surface area contributed by atoms with E-state index in [1.54, 1.807) is 31.2 Å². The summed E-state index contributed by atoms with van der Waals surface area (Å²) in [6.07, 6.45) is -4.50. The van der Waals surface area contributed by atoms with Crippen molar-refractivity contribution in [3.63, 3.8) is 0 Å². The van der Waals surface area contributed by atoms with Gasteiger partial charge < -0.3 is 10.1 Å². The van der Waals surface area contributed by atoms with Crippen molar-refractivity contribution in [1.29, 1.82) is 0 Å². The van der Waals surface area contributed by atoms with Crippen molar-refractivity contribution in [2.24, 2.45) is 5.92 Å². The lowest BCUT2D eigenvalue weighted by molar-refractivity contribution is -0.141. The van der Waals surface area contributed by atoms with E-state index in [1.165, 1.54) is 11.6 Å². The van der Waals surface area contributed by atoms with Crippen LogP contribution in [0.15, 0.2) is 30.3 Å². The quantitative estimate of drug-likeness (QED) is 0.855. The van der Waals surface area contributed by atoms with Gasteiger partial charge in [-0.3, -0.25) is 9.48 Å². The standard InChI is InChI=1S/C17H20F3N3O2/c1-4-25-14-8-6-5-7-13(14)21-16(24)11(2)10-23-12(3)9-15(22-23)17(18,19)20/h5-9,11H,4,10H2,1-3H3,(H,21,24). The number of amides is 1. The van der Waals surface area contributed by atoms with Gasteiger partial charge >= 0.3 is 6.18 Å². The van der Waals surface area contributed by atoms with Gasteiger partial charge in [-0.15, -0.1) is 0 Å². The number of alkyl halides is 3. The van der Waals surface area contributed by atoms with E-state index < -0.39 is 17.8 Å². The molecule has 0 fully saturated rings. The second-order valence-electron chi connectivity index (χ2n) is 5.67. The summed E-state index contributed by atoms with van der Waals surface area (Å²) in [5.41, 5.74) is -0.0876. The van der Waals surface area contributed by atoms with Crippen LogP contribution in [0.4, 0.5) is 18.9 Å². The van der Waals surface area contributed by atoms with Gasteiger partial charge in [0.2, 0.25) is 5.91 Å². The number of nitrogens with zero attached hydrogens (tertiary/aromatic N) is 2. The minimum absolute atomic E-state index is 0.0462. The second kappa shape index (κ2) is 7.58. The second-order valence-corrected chi connectivity index (χ2v) is 5.67. The van der Waals surface area contributed by atoms with Crippen molar-refractivity contribution in [3.8, 4) is 5.75 Å². The summed E-state index contributed by atoms with van der Waals surface area (Å²) in [5, 5.41) is 6.29. The molecule has 0 bridgehead atoms. The average Bonchev–Trinajstić information content (AvgIpc) is 2.90. The average molecular weight is 355 g/mol. The molecule has 0 spiro atoms. The molecule has 0 saturated carbocycles. The molecule has 0 radical (unpaired) electrons. The Morgan fingerprint density at radius 3 is 2.64 bits per heavy atom. The van der Waals surface area contributed by atoms with E-state index in [0.717, 1.165) is 6.07 Å². The van der Waals surface area contributed by atoms with Crippen LogP contribution in [0.25, 0.3) is 0 Å². The normalized spacial score (nSPS) is 12.7. The summed E-state index contributed by atoms with van der Waals surface area (Å²) in [4.78, 5) is 12.4. The molecule has 1 aromatic heterocycles. The topological polar surface area (TPSA) is 56.1 Å². The number of aryl methyl sites for hydroxylation is 1. The highest BCUT2D eigenvalue weighted by Gasteiger charge is 2.34. The summed E-state index contributed by atoms with van der Waals surface area (Å²) in [7, 11) is 0. The zero-order chi connectivity index (χ0) is 18.6. The Morgan fingerprint density at radius 1 is 1.36 bits per heavy atom.